The molecule has 1 fully saturated rings. The number of hydrogen-bond acceptors (Lipinski definition) is 4. The lowest BCUT2D eigenvalue weighted by Crippen LogP contribution is -2.32. The molecular formula is C20H25N3O3. The monoisotopic (exact) mass is 355 g/mol. The van der Waals surface area contributed by atoms with Crippen molar-refractivity contribution >= 4 is 5.91 Å². The molecule has 0 saturated carbocycles. The molecule has 1 saturated heterocycles. The summed E-state index contributed by atoms with van der Waals surface area (Å²) in [5.41, 5.74) is 2.75. The number of rotatable bonds is 7. The minimum atomic E-state index is -0.152. The highest BCUT2D eigenvalue weighted by molar-refractivity contribution is 5.75. The number of carbonyl (C=O) groups is 1. The summed E-state index contributed by atoms with van der Waals surface area (Å²) in [5.74, 6) is -0.0109. The lowest BCUT2D eigenvalue weighted by Gasteiger charge is -2.11. The van der Waals surface area contributed by atoms with Gasteiger partial charge in [0, 0.05) is 37.7 Å². The van der Waals surface area contributed by atoms with Crippen LogP contribution in [0.1, 0.15) is 31.2 Å². The Labute approximate surface area is 153 Å². The largest absolute Gasteiger partial charge is 0.376 e. The molecule has 26 heavy (non-hydrogen) atoms. The standard InChI is InChI=1S/C20H25N3O3/c1-15-6-8-16(9-7-15)18-10-11-20(25)23(22-18)12-2-5-19(24)21-14-17-4-3-13-26-17/h6-11,17H,2-5,12-14H2,1H3,(H,21,24). The van der Waals surface area contributed by atoms with Gasteiger partial charge in [-0.15, -0.1) is 0 Å². The number of aryl methyl sites for hydroxylation is 2. The Kier molecular flexibility index (Phi) is 6.17. The number of amides is 1. The second kappa shape index (κ2) is 8.76. The summed E-state index contributed by atoms with van der Waals surface area (Å²) in [4.78, 5) is 23.9. The lowest BCUT2D eigenvalue weighted by atomic mass is 10.1. The van der Waals surface area contributed by atoms with Gasteiger partial charge in [0.2, 0.25) is 5.91 Å². The quantitative estimate of drug-likeness (QED) is 0.827. The van der Waals surface area contributed by atoms with E-state index in [4.69, 9.17) is 4.74 Å². The van der Waals surface area contributed by atoms with Crippen molar-refractivity contribution in [1.29, 1.82) is 0 Å². The normalized spacial score (nSPS) is 16.6. The number of benzene rings is 1. The average Bonchev–Trinajstić information content (AvgIpc) is 3.16. The van der Waals surface area contributed by atoms with E-state index in [1.807, 2.05) is 31.2 Å². The summed E-state index contributed by atoms with van der Waals surface area (Å²) in [5, 5.41) is 7.33. The van der Waals surface area contributed by atoms with Crippen molar-refractivity contribution in [2.75, 3.05) is 13.2 Å². The molecule has 1 aliphatic rings. The van der Waals surface area contributed by atoms with Crippen LogP contribution < -0.4 is 10.9 Å². The van der Waals surface area contributed by atoms with Gasteiger partial charge in [0.05, 0.1) is 11.8 Å². The Balaban J connectivity index is 1.52. The molecule has 1 N–H and O–H groups in total. The van der Waals surface area contributed by atoms with E-state index in [0.29, 0.717) is 25.9 Å². The molecule has 1 unspecified atom stereocenters. The smallest absolute Gasteiger partial charge is 0.266 e. The highest BCUT2D eigenvalue weighted by Crippen LogP contribution is 2.16. The molecule has 0 bridgehead atoms. The first-order valence-corrected chi connectivity index (χ1v) is 9.15. The van der Waals surface area contributed by atoms with Gasteiger partial charge in [0.15, 0.2) is 0 Å². The number of ether oxygens (including phenoxy) is 1. The maximum atomic E-state index is 12.0. The average molecular weight is 355 g/mol. The minimum Gasteiger partial charge on any atom is -0.376 e. The molecule has 1 aromatic heterocycles. The van der Waals surface area contributed by atoms with E-state index in [1.54, 1.807) is 6.07 Å². The molecule has 138 valence electrons. The second-order valence-corrected chi connectivity index (χ2v) is 6.69. The van der Waals surface area contributed by atoms with Crippen LogP contribution in [-0.4, -0.2) is 34.9 Å². The Morgan fingerprint density at radius 3 is 2.81 bits per heavy atom. The van der Waals surface area contributed by atoms with E-state index >= 15 is 0 Å². The number of nitrogens with one attached hydrogen (secondary N) is 1. The van der Waals surface area contributed by atoms with Crippen LogP contribution in [0.4, 0.5) is 0 Å². The number of aromatic nitrogens is 2. The molecule has 0 aliphatic carbocycles. The zero-order valence-electron chi connectivity index (χ0n) is 15.1. The second-order valence-electron chi connectivity index (χ2n) is 6.69. The zero-order valence-corrected chi connectivity index (χ0v) is 15.1. The third kappa shape index (κ3) is 5.02. The molecule has 0 spiro atoms. The van der Waals surface area contributed by atoms with Gasteiger partial charge in [0.1, 0.15) is 0 Å². The highest BCUT2D eigenvalue weighted by Gasteiger charge is 2.16. The van der Waals surface area contributed by atoms with Gasteiger partial charge in [-0.1, -0.05) is 29.8 Å². The summed E-state index contributed by atoms with van der Waals surface area (Å²) >= 11 is 0. The maximum Gasteiger partial charge on any atom is 0.266 e. The fourth-order valence-corrected chi connectivity index (χ4v) is 3.00. The van der Waals surface area contributed by atoms with Crippen molar-refractivity contribution in [2.45, 2.75) is 45.3 Å². The molecular weight excluding hydrogens is 330 g/mol. The van der Waals surface area contributed by atoms with Gasteiger partial charge in [0.25, 0.3) is 5.56 Å². The van der Waals surface area contributed by atoms with Crippen LogP contribution in [0.15, 0.2) is 41.2 Å². The van der Waals surface area contributed by atoms with E-state index in [-0.39, 0.29) is 17.6 Å². The van der Waals surface area contributed by atoms with Gasteiger partial charge in [-0.25, -0.2) is 4.68 Å². The first-order chi connectivity index (χ1) is 12.6. The Hall–Kier alpha value is -2.47. The summed E-state index contributed by atoms with van der Waals surface area (Å²) in [6.45, 7) is 3.81. The third-order valence-corrected chi connectivity index (χ3v) is 4.54. The zero-order chi connectivity index (χ0) is 18.4. The number of nitrogens with zero attached hydrogens (tertiary/aromatic N) is 2. The first kappa shape index (κ1) is 18.3. The summed E-state index contributed by atoms with van der Waals surface area (Å²) in [7, 11) is 0. The van der Waals surface area contributed by atoms with Crippen molar-refractivity contribution < 1.29 is 9.53 Å². The third-order valence-electron chi connectivity index (χ3n) is 4.54. The molecule has 2 aromatic rings. The van der Waals surface area contributed by atoms with Crippen LogP contribution in [0.25, 0.3) is 11.3 Å². The van der Waals surface area contributed by atoms with Crippen LogP contribution in [-0.2, 0) is 16.1 Å². The summed E-state index contributed by atoms with van der Waals surface area (Å²) in [6.07, 6.45) is 3.16. The fourth-order valence-electron chi connectivity index (χ4n) is 3.00. The molecule has 2 heterocycles. The molecule has 1 aliphatic heterocycles. The van der Waals surface area contributed by atoms with Crippen LogP contribution in [0.2, 0.25) is 0 Å². The summed E-state index contributed by atoms with van der Waals surface area (Å²) in [6, 6.07) is 11.3. The minimum absolute atomic E-state index is 0.0109. The molecule has 6 heteroatoms. The van der Waals surface area contributed by atoms with Crippen molar-refractivity contribution in [3.05, 3.63) is 52.3 Å². The highest BCUT2D eigenvalue weighted by atomic mass is 16.5. The van der Waals surface area contributed by atoms with Crippen molar-refractivity contribution in [3.8, 4) is 11.3 Å². The van der Waals surface area contributed by atoms with Gasteiger partial charge >= 0.3 is 0 Å². The molecule has 0 radical (unpaired) electrons. The molecule has 1 amide bonds. The van der Waals surface area contributed by atoms with Crippen LogP contribution in [0.3, 0.4) is 0 Å². The van der Waals surface area contributed by atoms with E-state index in [9.17, 15) is 9.59 Å². The molecule has 1 atom stereocenters. The number of hydrogen-bond donors (Lipinski definition) is 1. The van der Waals surface area contributed by atoms with Crippen molar-refractivity contribution in [1.82, 2.24) is 15.1 Å². The van der Waals surface area contributed by atoms with Crippen molar-refractivity contribution in [3.63, 3.8) is 0 Å². The topological polar surface area (TPSA) is 73.2 Å². The van der Waals surface area contributed by atoms with Crippen molar-refractivity contribution in [2.24, 2.45) is 0 Å². The SMILES string of the molecule is Cc1ccc(-c2ccc(=O)n(CCCC(=O)NCC3CCCO3)n2)cc1. The Bertz CT molecular complexity index is 793. The van der Waals surface area contributed by atoms with E-state index in [1.165, 1.54) is 16.3 Å². The number of carbonyl (C=O) groups excluding carboxylic acids is 1. The Morgan fingerprint density at radius 1 is 1.27 bits per heavy atom. The molecule has 3 rings (SSSR count). The van der Waals surface area contributed by atoms with E-state index < -0.39 is 0 Å². The van der Waals surface area contributed by atoms with Crippen LogP contribution in [0.5, 0.6) is 0 Å². The molecule has 6 nitrogen and oxygen atoms in total. The van der Waals surface area contributed by atoms with Gasteiger partial charge in [-0.2, -0.15) is 5.10 Å². The molecule has 1 aromatic carbocycles. The lowest BCUT2D eigenvalue weighted by molar-refractivity contribution is -0.121. The van der Waals surface area contributed by atoms with Gasteiger partial charge in [-0.3, -0.25) is 9.59 Å². The van der Waals surface area contributed by atoms with Crippen LogP contribution in [0, 0.1) is 6.92 Å². The predicted octanol–water partition coefficient (Wildman–Crippen LogP) is 2.29. The van der Waals surface area contributed by atoms with Gasteiger partial charge in [-0.05, 0) is 32.3 Å². The first-order valence-electron chi connectivity index (χ1n) is 9.15. The van der Waals surface area contributed by atoms with E-state index in [2.05, 4.69) is 10.4 Å². The van der Waals surface area contributed by atoms with E-state index in [0.717, 1.165) is 30.7 Å². The maximum absolute atomic E-state index is 12.0. The Morgan fingerprint density at radius 2 is 2.08 bits per heavy atom. The van der Waals surface area contributed by atoms with Crippen LogP contribution >= 0.6 is 0 Å². The fraction of sp³-hybridized carbons (Fsp3) is 0.450. The van der Waals surface area contributed by atoms with Gasteiger partial charge < -0.3 is 10.1 Å². The predicted molar refractivity (Wildman–Crippen MR) is 99.9 cm³/mol. The summed E-state index contributed by atoms with van der Waals surface area (Å²) < 4.78 is 6.92.